The quantitative estimate of drug-likeness (QED) is 0.703. The molecule has 7 heteroatoms. The van der Waals surface area contributed by atoms with Gasteiger partial charge >= 0.3 is 5.97 Å². The van der Waals surface area contributed by atoms with Crippen LogP contribution in [0.2, 0.25) is 0 Å². The third kappa shape index (κ3) is 2.07. The first kappa shape index (κ1) is 12.5. The summed E-state index contributed by atoms with van der Waals surface area (Å²) in [5, 5.41) is 19.4. The molecule has 0 spiro atoms. The Bertz CT molecular complexity index is 465. The van der Waals surface area contributed by atoms with Crippen molar-refractivity contribution in [2.24, 2.45) is 12.5 Å². The molecule has 1 saturated carbocycles. The van der Waals surface area contributed by atoms with Gasteiger partial charge in [-0.2, -0.15) is 0 Å². The number of nitrogens with zero attached hydrogens (tertiary/aromatic N) is 3. The number of aryl methyl sites for hydroxylation is 1. The van der Waals surface area contributed by atoms with Gasteiger partial charge in [0.15, 0.2) is 0 Å². The monoisotopic (exact) mass is 252 g/mol. The van der Waals surface area contributed by atoms with Crippen LogP contribution in [0.5, 0.6) is 0 Å². The molecule has 7 nitrogen and oxygen atoms in total. The molecule has 2 rings (SSSR count). The second kappa shape index (κ2) is 4.75. The average Bonchev–Trinajstić information content (AvgIpc) is 2.62. The van der Waals surface area contributed by atoms with E-state index in [9.17, 15) is 9.59 Å². The normalized spacial score (nSPS) is 16.9. The molecule has 1 heterocycles. The number of carbonyl (C=O) groups excluding carboxylic acids is 1. The second-order valence-electron chi connectivity index (χ2n) is 4.60. The maximum atomic E-state index is 11.9. The minimum Gasteiger partial charge on any atom is -0.480 e. The van der Waals surface area contributed by atoms with Crippen molar-refractivity contribution in [1.29, 1.82) is 0 Å². The lowest BCUT2D eigenvalue weighted by Crippen LogP contribution is -2.51. The summed E-state index contributed by atoms with van der Waals surface area (Å²) >= 11 is 0. The molecule has 1 aromatic rings. The molecule has 0 unspecified atom stereocenters. The molecule has 18 heavy (non-hydrogen) atoms. The van der Waals surface area contributed by atoms with Gasteiger partial charge < -0.3 is 15.0 Å². The Balaban J connectivity index is 1.85. The fourth-order valence-electron chi connectivity index (χ4n) is 2.06. The van der Waals surface area contributed by atoms with Crippen LogP contribution < -0.4 is 5.32 Å². The number of amides is 1. The summed E-state index contributed by atoms with van der Waals surface area (Å²) in [6.07, 6.45) is 3.78. The number of nitrogens with one attached hydrogen (secondary N) is 1. The van der Waals surface area contributed by atoms with E-state index in [2.05, 4.69) is 15.5 Å². The Hall–Kier alpha value is -1.92. The lowest BCUT2D eigenvalue weighted by atomic mass is 9.68. The highest BCUT2D eigenvalue weighted by atomic mass is 16.4. The summed E-state index contributed by atoms with van der Waals surface area (Å²) in [6.45, 7) is 0.375. The molecule has 0 atom stereocenters. The molecule has 98 valence electrons. The zero-order valence-corrected chi connectivity index (χ0v) is 10.2. The molecular weight excluding hydrogens is 236 g/mol. The number of carboxylic acid groups (broad SMARTS) is 1. The summed E-state index contributed by atoms with van der Waals surface area (Å²) in [5.41, 5.74) is -1.19. The van der Waals surface area contributed by atoms with E-state index >= 15 is 0 Å². The van der Waals surface area contributed by atoms with Gasteiger partial charge in [-0.3, -0.25) is 9.59 Å². The minimum atomic E-state index is -1.19. The van der Waals surface area contributed by atoms with E-state index in [1.807, 2.05) is 7.05 Å². The second-order valence-corrected chi connectivity index (χ2v) is 4.60. The van der Waals surface area contributed by atoms with Crippen LogP contribution in [0, 0.1) is 5.41 Å². The van der Waals surface area contributed by atoms with Gasteiger partial charge in [0, 0.05) is 20.0 Å². The van der Waals surface area contributed by atoms with E-state index in [1.165, 1.54) is 0 Å². The van der Waals surface area contributed by atoms with Crippen molar-refractivity contribution < 1.29 is 14.7 Å². The Morgan fingerprint density at radius 1 is 1.56 bits per heavy atom. The van der Waals surface area contributed by atoms with Gasteiger partial charge in [0.05, 0.1) is 0 Å². The molecule has 1 aromatic heterocycles. The Morgan fingerprint density at radius 3 is 2.72 bits per heavy atom. The molecule has 0 bridgehead atoms. The van der Waals surface area contributed by atoms with Gasteiger partial charge in [0.2, 0.25) is 5.91 Å². The molecule has 0 aromatic carbocycles. The number of rotatable bonds is 5. The van der Waals surface area contributed by atoms with E-state index in [4.69, 9.17) is 5.11 Å². The van der Waals surface area contributed by atoms with Crippen LogP contribution in [0.25, 0.3) is 0 Å². The van der Waals surface area contributed by atoms with Crippen LogP contribution in [0.3, 0.4) is 0 Å². The maximum Gasteiger partial charge on any atom is 0.319 e. The van der Waals surface area contributed by atoms with Crippen molar-refractivity contribution in [3.8, 4) is 0 Å². The zero-order chi connectivity index (χ0) is 13.2. The maximum absolute atomic E-state index is 11.9. The number of carbonyl (C=O) groups is 2. The highest BCUT2D eigenvalue weighted by molar-refractivity contribution is 6.02. The van der Waals surface area contributed by atoms with Gasteiger partial charge in [-0.05, 0) is 12.8 Å². The number of hydrogen-bond acceptors (Lipinski definition) is 4. The third-order valence-corrected chi connectivity index (χ3v) is 3.49. The predicted molar refractivity (Wildman–Crippen MR) is 61.6 cm³/mol. The van der Waals surface area contributed by atoms with Crippen LogP contribution >= 0.6 is 0 Å². The minimum absolute atomic E-state index is 0.375. The van der Waals surface area contributed by atoms with E-state index in [-0.39, 0.29) is 5.91 Å². The Morgan fingerprint density at radius 2 is 2.28 bits per heavy atom. The molecule has 0 aliphatic heterocycles. The van der Waals surface area contributed by atoms with Crippen molar-refractivity contribution in [2.45, 2.75) is 25.7 Å². The highest BCUT2D eigenvalue weighted by Crippen LogP contribution is 2.41. The van der Waals surface area contributed by atoms with Crippen LogP contribution in [0.1, 0.15) is 25.1 Å². The summed E-state index contributed by atoms with van der Waals surface area (Å²) in [4.78, 5) is 23.0. The summed E-state index contributed by atoms with van der Waals surface area (Å²) in [6, 6.07) is 0. The lowest BCUT2D eigenvalue weighted by molar-refractivity contribution is -0.162. The van der Waals surface area contributed by atoms with E-state index in [0.717, 1.165) is 12.2 Å². The van der Waals surface area contributed by atoms with E-state index < -0.39 is 11.4 Å². The van der Waals surface area contributed by atoms with Crippen molar-refractivity contribution in [1.82, 2.24) is 20.1 Å². The van der Waals surface area contributed by atoms with E-state index in [0.29, 0.717) is 25.8 Å². The van der Waals surface area contributed by atoms with Crippen LogP contribution in [0.4, 0.5) is 0 Å². The fourth-order valence-corrected chi connectivity index (χ4v) is 2.06. The first-order valence-corrected chi connectivity index (χ1v) is 5.91. The molecule has 1 amide bonds. The fraction of sp³-hybridized carbons (Fsp3) is 0.636. The molecule has 1 aliphatic carbocycles. The van der Waals surface area contributed by atoms with Gasteiger partial charge in [0.25, 0.3) is 0 Å². The summed E-state index contributed by atoms with van der Waals surface area (Å²) in [5.74, 6) is -0.651. The number of hydrogen-bond donors (Lipinski definition) is 2. The van der Waals surface area contributed by atoms with Gasteiger partial charge in [-0.25, -0.2) is 0 Å². The molecule has 2 N–H and O–H groups in total. The van der Waals surface area contributed by atoms with Crippen LogP contribution in [-0.4, -0.2) is 38.3 Å². The molecule has 0 saturated heterocycles. The van der Waals surface area contributed by atoms with Crippen molar-refractivity contribution in [3.05, 3.63) is 12.2 Å². The Labute approximate surface area is 104 Å². The summed E-state index contributed by atoms with van der Waals surface area (Å²) < 4.78 is 1.77. The third-order valence-electron chi connectivity index (χ3n) is 3.49. The van der Waals surface area contributed by atoms with Gasteiger partial charge in [-0.15, -0.1) is 10.2 Å². The highest BCUT2D eigenvalue weighted by Gasteiger charge is 2.50. The first-order chi connectivity index (χ1) is 8.56. The first-order valence-electron chi connectivity index (χ1n) is 5.91. The standard InChI is InChI=1S/C11H16N4O3/c1-15-7-13-14-8(15)3-6-12-9(16)11(10(17)18)4-2-5-11/h7H,2-6H2,1H3,(H,12,16)(H,17,18). The molecular formula is C11H16N4O3. The molecule has 1 fully saturated rings. The van der Waals surface area contributed by atoms with Gasteiger partial charge in [-0.1, -0.05) is 6.42 Å². The largest absolute Gasteiger partial charge is 0.480 e. The van der Waals surface area contributed by atoms with E-state index in [1.54, 1.807) is 10.9 Å². The van der Waals surface area contributed by atoms with Crippen LogP contribution in [0.15, 0.2) is 6.33 Å². The predicted octanol–water partition coefficient (Wildman–Crippen LogP) is -0.271. The average molecular weight is 252 g/mol. The lowest BCUT2D eigenvalue weighted by Gasteiger charge is -2.35. The summed E-state index contributed by atoms with van der Waals surface area (Å²) in [7, 11) is 1.82. The van der Waals surface area contributed by atoms with Crippen LogP contribution in [-0.2, 0) is 23.1 Å². The smallest absolute Gasteiger partial charge is 0.319 e. The molecule has 1 aliphatic rings. The number of aromatic nitrogens is 3. The zero-order valence-electron chi connectivity index (χ0n) is 10.2. The topological polar surface area (TPSA) is 97.1 Å². The Kier molecular flexibility index (Phi) is 3.31. The molecule has 0 radical (unpaired) electrons. The van der Waals surface area contributed by atoms with Crippen molar-refractivity contribution in [2.75, 3.05) is 6.54 Å². The van der Waals surface area contributed by atoms with Crippen molar-refractivity contribution >= 4 is 11.9 Å². The number of carboxylic acids is 1. The number of aliphatic carboxylic acids is 1. The SMILES string of the molecule is Cn1cnnc1CCNC(=O)C1(C(=O)O)CCC1. The van der Waals surface area contributed by atoms with Gasteiger partial charge in [0.1, 0.15) is 17.6 Å². The van der Waals surface area contributed by atoms with Crippen molar-refractivity contribution in [3.63, 3.8) is 0 Å².